The number of hydrogen-bond acceptors (Lipinski definition) is 1. The monoisotopic (exact) mass is 166 g/mol. The van der Waals surface area contributed by atoms with E-state index in [4.69, 9.17) is 5.73 Å². The summed E-state index contributed by atoms with van der Waals surface area (Å²) < 4.78 is 0. The molecule has 0 atom stereocenters. The van der Waals surface area contributed by atoms with Crippen molar-refractivity contribution in [2.45, 2.75) is 13.3 Å². The third-order valence-corrected chi connectivity index (χ3v) is 1.26. The van der Waals surface area contributed by atoms with Crippen LogP contribution in [-0.4, -0.2) is 6.03 Å². The molecule has 0 fully saturated rings. The van der Waals surface area contributed by atoms with Crippen LogP contribution in [0.3, 0.4) is 0 Å². The van der Waals surface area contributed by atoms with E-state index in [0.717, 1.165) is 12.0 Å². The summed E-state index contributed by atoms with van der Waals surface area (Å²) in [5.74, 6) is 0. The van der Waals surface area contributed by atoms with Gasteiger partial charge in [0, 0.05) is 5.70 Å². The summed E-state index contributed by atoms with van der Waals surface area (Å²) >= 11 is 0. The summed E-state index contributed by atoms with van der Waals surface area (Å²) in [7, 11) is 0. The molecule has 0 aromatic rings. The minimum atomic E-state index is -0.605. The number of carbonyl (C=O) groups is 1. The lowest BCUT2D eigenvalue weighted by atomic mass is 10.2. The maximum atomic E-state index is 10.3. The first-order valence-corrected chi connectivity index (χ1v) is 3.67. The molecule has 0 saturated carbocycles. The van der Waals surface area contributed by atoms with Crippen molar-refractivity contribution in [2.75, 3.05) is 0 Å². The number of primary amides is 1. The highest BCUT2D eigenvalue weighted by atomic mass is 16.2. The van der Waals surface area contributed by atoms with Crippen LogP contribution in [0.5, 0.6) is 0 Å². The number of nitrogens with one attached hydrogen (secondary N) is 1. The number of nitrogens with two attached hydrogens (primary N) is 1. The molecule has 0 aliphatic carbocycles. The smallest absolute Gasteiger partial charge is 0.316 e. The number of hydrogen-bond donors (Lipinski definition) is 2. The Balaban J connectivity index is 3.91. The molecule has 0 aliphatic rings. The van der Waals surface area contributed by atoms with Crippen LogP contribution >= 0.6 is 0 Å². The van der Waals surface area contributed by atoms with Crippen molar-refractivity contribution < 1.29 is 4.79 Å². The predicted molar refractivity (Wildman–Crippen MR) is 50.4 cm³/mol. The summed E-state index contributed by atoms with van der Waals surface area (Å²) in [6.45, 7) is 9.31. The molecule has 3 heteroatoms. The average molecular weight is 166 g/mol. The summed E-state index contributed by atoms with van der Waals surface area (Å²) in [5, 5.41) is 2.34. The number of carbonyl (C=O) groups excluding carboxylic acids is 1. The Labute approximate surface area is 72.6 Å². The van der Waals surface area contributed by atoms with Gasteiger partial charge in [-0.1, -0.05) is 31.7 Å². The van der Waals surface area contributed by atoms with Gasteiger partial charge < -0.3 is 11.1 Å². The van der Waals surface area contributed by atoms with Crippen molar-refractivity contribution in [1.82, 2.24) is 5.32 Å². The van der Waals surface area contributed by atoms with Crippen molar-refractivity contribution in [3.8, 4) is 0 Å². The molecular formula is C9H14N2O. The molecule has 0 radical (unpaired) electrons. The van der Waals surface area contributed by atoms with Gasteiger partial charge in [0.15, 0.2) is 0 Å². The third kappa shape index (κ3) is 5.29. The Morgan fingerprint density at radius 3 is 2.50 bits per heavy atom. The van der Waals surface area contributed by atoms with Gasteiger partial charge in [-0.3, -0.25) is 0 Å². The first-order valence-electron chi connectivity index (χ1n) is 3.67. The van der Waals surface area contributed by atoms with Crippen molar-refractivity contribution >= 4 is 6.03 Å². The van der Waals surface area contributed by atoms with Crippen LogP contribution in [0.15, 0.2) is 36.6 Å². The van der Waals surface area contributed by atoms with Crippen LogP contribution in [0.25, 0.3) is 0 Å². The van der Waals surface area contributed by atoms with Gasteiger partial charge in [-0.15, -0.1) is 0 Å². The van der Waals surface area contributed by atoms with Crippen LogP contribution < -0.4 is 11.1 Å². The number of allylic oxidation sites excluding steroid dienone is 3. The zero-order chi connectivity index (χ0) is 9.56. The molecule has 12 heavy (non-hydrogen) atoms. The van der Waals surface area contributed by atoms with Crippen LogP contribution in [0, 0.1) is 0 Å². The van der Waals surface area contributed by atoms with Gasteiger partial charge in [0.1, 0.15) is 0 Å². The highest BCUT2D eigenvalue weighted by Crippen LogP contribution is 1.99. The third-order valence-electron chi connectivity index (χ3n) is 1.26. The normalized spacial score (nSPS) is 9.75. The van der Waals surface area contributed by atoms with Crippen molar-refractivity contribution in [3.63, 3.8) is 0 Å². The molecule has 0 aliphatic heterocycles. The van der Waals surface area contributed by atoms with Crippen LogP contribution in [-0.2, 0) is 0 Å². The van der Waals surface area contributed by atoms with Gasteiger partial charge in [-0.25, -0.2) is 4.79 Å². The molecule has 0 unspecified atom stereocenters. The van der Waals surface area contributed by atoms with Crippen LogP contribution in [0.4, 0.5) is 4.79 Å². The highest BCUT2D eigenvalue weighted by Gasteiger charge is 1.91. The predicted octanol–water partition coefficient (Wildman–Crippen LogP) is 1.69. The minimum Gasteiger partial charge on any atom is -0.351 e. The molecule has 0 saturated heterocycles. The highest BCUT2D eigenvalue weighted by molar-refractivity contribution is 5.74. The van der Waals surface area contributed by atoms with Gasteiger partial charge in [-0.05, 0) is 12.5 Å². The molecule has 0 aromatic carbocycles. The fraction of sp³-hybridized carbons (Fsp3) is 0.222. The summed E-state index contributed by atoms with van der Waals surface area (Å²) in [5.41, 5.74) is 6.31. The van der Waals surface area contributed by atoms with E-state index in [2.05, 4.69) is 18.5 Å². The molecule has 0 spiro atoms. The van der Waals surface area contributed by atoms with Gasteiger partial charge in [0.05, 0.1) is 0 Å². The lowest BCUT2D eigenvalue weighted by Gasteiger charge is -1.98. The second-order valence-corrected chi connectivity index (χ2v) is 2.36. The molecule has 66 valence electrons. The largest absolute Gasteiger partial charge is 0.351 e. The van der Waals surface area contributed by atoms with E-state index in [-0.39, 0.29) is 0 Å². The zero-order valence-corrected chi connectivity index (χ0v) is 7.26. The fourth-order valence-electron chi connectivity index (χ4n) is 0.536. The number of urea groups is 1. The maximum absolute atomic E-state index is 10.3. The Morgan fingerprint density at radius 2 is 2.08 bits per heavy atom. The van der Waals surface area contributed by atoms with E-state index < -0.39 is 6.03 Å². The van der Waals surface area contributed by atoms with E-state index in [9.17, 15) is 4.79 Å². The molecule has 0 rings (SSSR count). The van der Waals surface area contributed by atoms with Crippen LogP contribution in [0.1, 0.15) is 13.3 Å². The zero-order valence-electron chi connectivity index (χ0n) is 7.26. The molecule has 0 bridgehead atoms. The SMILES string of the molecule is C=C(/C=C\C(=C)NC(N)=O)CC. The second-order valence-electron chi connectivity index (χ2n) is 2.36. The van der Waals surface area contributed by atoms with E-state index in [0.29, 0.717) is 5.70 Å². The first kappa shape index (κ1) is 10.5. The molecular weight excluding hydrogens is 152 g/mol. The molecule has 3 nitrogen and oxygen atoms in total. The number of amides is 2. The minimum absolute atomic E-state index is 0.470. The van der Waals surface area contributed by atoms with Gasteiger partial charge in [0.25, 0.3) is 0 Å². The lowest BCUT2D eigenvalue weighted by molar-refractivity contribution is 0.251. The van der Waals surface area contributed by atoms with Crippen molar-refractivity contribution in [1.29, 1.82) is 0 Å². The van der Waals surface area contributed by atoms with Gasteiger partial charge in [-0.2, -0.15) is 0 Å². The van der Waals surface area contributed by atoms with E-state index >= 15 is 0 Å². The van der Waals surface area contributed by atoms with Crippen molar-refractivity contribution in [2.24, 2.45) is 5.73 Å². The first-order chi connectivity index (χ1) is 5.56. The maximum Gasteiger partial charge on any atom is 0.316 e. The molecule has 0 aromatic heterocycles. The van der Waals surface area contributed by atoms with Gasteiger partial charge >= 0.3 is 6.03 Å². The Bertz CT molecular complexity index is 229. The Hall–Kier alpha value is -1.51. The standard InChI is InChI=1S/C9H14N2O/c1-4-7(2)5-6-8(3)11-9(10)12/h5-6H,2-4H2,1H3,(H3,10,11,12)/b6-5-. The summed E-state index contributed by atoms with van der Waals surface area (Å²) in [6, 6.07) is -0.605. The van der Waals surface area contributed by atoms with Crippen molar-refractivity contribution in [3.05, 3.63) is 36.6 Å². The molecule has 2 amide bonds. The summed E-state index contributed by atoms with van der Waals surface area (Å²) in [4.78, 5) is 10.3. The Morgan fingerprint density at radius 1 is 1.50 bits per heavy atom. The number of rotatable bonds is 4. The lowest BCUT2D eigenvalue weighted by Crippen LogP contribution is -2.27. The average Bonchev–Trinajstić information content (AvgIpc) is 1.99. The summed E-state index contributed by atoms with van der Waals surface area (Å²) in [6.07, 6.45) is 4.33. The quantitative estimate of drug-likeness (QED) is 0.613. The van der Waals surface area contributed by atoms with E-state index in [1.165, 1.54) is 0 Å². The molecule has 3 N–H and O–H groups in total. The molecule has 0 heterocycles. The van der Waals surface area contributed by atoms with Crippen LogP contribution in [0.2, 0.25) is 0 Å². The Kier molecular flexibility index (Phi) is 4.53. The van der Waals surface area contributed by atoms with E-state index in [1.54, 1.807) is 12.2 Å². The van der Waals surface area contributed by atoms with Gasteiger partial charge in [0.2, 0.25) is 0 Å². The topological polar surface area (TPSA) is 55.1 Å². The second kappa shape index (κ2) is 5.18. The van der Waals surface area contributed by atoms with E-state index in [1.807, 2.05) is 6.92 Å². The fourth-order valence-corrected chi connectivity index (χ4v) is 0.536.